The van der Waals surface area contributed by atoms with Crippen LogP contribution in [0.2, 0.25) is 0 Å². The van der Waals surface area contributed by atoms with Crippen LogP contribution in [0.15, 0.2) is 23.1 Å². The molecule has 21 heavy (non-hydrogen) atoms. The van der Waals surface area contributed by atoms with Gasteiger partial charge in [0.05, 0.1) is 4.90 Å². The summed E-state index contributed by atoms with van der Waals surface area (Å²) < 4.78 is 27.7. The van der Waals surface area contributed by atoms with Crippen LogP contribution in [-0.4, -0.2) is 22.0 Å². The maximum atomic E-state index is 12.5. The van der Waals surface area contributed by atoms with Crippen molar-refractivity contribution in [3.05, 3.63) is 29.3 Å². The first-order chi connectivity index (χ1) is 9.81. The molecule has 0 heterocycles. The lowest BCUT2D eigenvalue weighted by atomic mass is 9.93. The Kier molecular flexibility index (Phi) is 4.76. The van der Waals surface area contributed by atoms with Crippen LogP contribution in [0, 0.1) is 18.3 Å². The first kappa shape index (κ1) is 16.5. The van der Waals surface area contributed by atoms with Crippen molar-refractivity contribution >= 4 is 10.0 Å². The van der Waals surface area contributed by atoms with Gasteiger partial charge in [0.1, 0.15) is 0 Å². The standard InChI is InChI=1S/C16H26N2O2S/c1-12(2)16(7-8-16)11-18-21(19,20)15-6-5-13(3)14(9-15)10-17-4/h5-6,9,12,17-18H,7-8,10-11H2,1-4H3. The third-order valence-electron chi connectivity index (χ3n) is 4.73. The van der Waals surface area contributed by atoms with Crippen LogP contribution in [0.1, 0.15) is 37.8 Å². The van der Waals surface area contributed by atoms with Gasteiger partial charge in [-0.25, -0.2) is 13.1 Å². The Bertz CT molecular complexity index is 605. The van der Waals surface area contributed by atoms with E-state index in [1.165, 1.54) is 0 Å². The molecule has 1 aromatic rings. The fourth-order valence-corrected chi connectivity index (χ4v) is 3.83. The molecule has 1 fully saturated rings. The number of aryl methyl sites for hydroxylation is 1. The van der Waals surface area contributed by atoms with Gasteiger partial charge in [0.15, 0.2) is 0 Å². The van der Waals surface area contributed by atoms with Crippen LogP contribution in [0.3, 0.4) is 0 Å². The monoisotopic (exact) mass is 310 g/mol. The van der Waals surface area contributed by atoms with E-state index in [-0.39, 0.29) is 5.41 Å². The highest BCUT2D eigenvalue weighted by Gasteiger charge is 2.45. The predicted octanol–water partition coefficient (Wildman–Crippen LogP) is 2.43. The van der Waals surface area contributed by atoms with Crippen LogP contribution in [0.5, 0.6) is 0 Å². The maximum Gasteiger partial charge on any atom is 0.240 e. The fraction of sp³-hybridized carbons (Fsp3) is 0.625. The molecule has 1 aromatic carbocycles. The molecule has 5 heteroatoms. The smallest absolute Gasteiger partial charge is 0.240 e. The summed E-state index contributed by atoms with van der Waals surface area (Å²) in [5.74, 6) is 0.512. The van der Waals surface area contributed by atoms with Gasteiger partial charge in [-0.3, -0.25) is 0 Å². The number of nitrogens with one attached hydrogen (secondary N) is 2. The molecule has 0 aliphatic heterocycles. The zero-order chi connectivity index (χ0) is 15.7. The van der Waals surface area contributed by atoms with Crippen molar-refractivity contribution in [1.82, 2.24) is 10.0 Å². The highest BCUT2D eigenvalue weighted by molar-refractivity contribution is 7.89. The van der Waals surface area contributed by atoms with E-state index in [0.29, 0.717) is 23.9 Å². The predicted molar refractivity (Wildman–Crippen MR) is 85.6 cm³/mol. The number of benzene rings is 1. The first-order valence-corrected chi connectivity index (χ1v) is 9.03. The van der Waals surface area contributed by atoms with Crippen LogP contribution >= 0.6 is 0 Å². The molecule has 118 valence electrons. The summed E-state index contributed by atoms with van der Waals surface area (Å²) in [6.45, 7) is 7.54. The molecule has 0 saturated heterocycles. The molecule has 1 saturated carbocycles. The molecule has 0 spiro atoms. The normalized spacial score (nSPS) is 17.2. The minimum Gasteiger partial charge on any atom is -0.316 e. The van der Waals surface area contributed by atoms with Gasteiger partial charge in [-0.15, -0.1) is 0 Å². The first-order valence-electron chi connectivity index (χ1n) is 7.54. The molecule has 2 N–H and O–H groups in total. The van der Waals surface area contributed by atoms with E-state index in [0.717, 1.165) is 24.0 Å². The van der Waals surface area contributed by atoms with Gasteiger partial charge in [-0.2, -0.15) is 0 Å². The lowest BCUT2D eigenvalue weighted by molar-refractivity contribution is 0.357. The zero-order valence-electron chi connectivity index (χ0n) is 13.4. The second-order valence-electron chi connectivity index (χ2n) is 6.46. The van der Waals surface area contributed by atoms with Crippen LogP contribution in [-0.2, 0) is 16.6 Å². The Morgan fingerprint density at radius 3 is 2.48 bits per heavy atom. The number of hydrogen-bond acceptors (Lipinski definition) is 3. The van der Waals surface area contributed by atoms with Crippen molar-refractivity contribution in [3.63, 3.8) is 0 Å². The van der Waals surface area contributed by atoms with Gasteiger partial charge in [0.25, 0.3) is 0 Å². The number of rotatable bonds is 7. The Morgan fingerprint density at radius 2 is 1.95 bits per heavy atom. The quantitative estimate of drug-likeness (QED) is 0.813. The minimum atomic E-state index is -3.42. The molecule has 4 nitrogen and oxygen atoms in total. The molecule has 1 aliphatic carbocycles. The van der Waals surface area contributed by atoms with E-state index in [2.05, 4.69) is 23.9 Å². The van der Waals surface area contributed by atoms with E-state index in [1.54, 1.807) is 12.1 Å². The summed E-state index contributed by atoms with van der Waals surface area (Å²) >= 11 is 0. The van der Waals surface area contributed by atoms with Crippen molar-refractivity contribution in [1.29, 1.82) is 0 Å². The molecule has 2 rings (SSSR count). The minimum absolute atomic E-state index is 0.172. The molecular weight excluding hydrogens is 284 g/mol. The van der Waals surface area contributed by atoms with Crippen molar-refractivity contribution < 1.29 is 8.42 Å². The molecular formula is C16H26N2O2S. The third-order valence-corrected chi connectivity index (χ3v) is 6.13. The van der Waals surface area contributed by atoms with Crippen LogP contribution < -0.4 is 10.0 Å². The van der Waals surface area contributed by atoms with Crippen molar-refractivity contribution in [2.24, 2.45) is 11.3 Å². The van der Waals surface area contributed by atoms with E-state index < -0.39 is 10.0 Å². The van der Waals surface area contributed by atoms with Crippen molar-refractivity contribution in [2.75, 3.05) is 13.6 Å². The highest BCUT2D eigenvalue weighted by Crippen LogP contribution is 2.51. The summed E-state index contributed by atoms with van der Waals surface area (Å²) in [6, 6.07) is 5.32. The molecule has 0 atom stereocenters. The Labute approximate surface area is 128 Å². The average Bonchev–Trinajstić information content (AvgIpc) is 3.20. The Morgan fingerprint density at radius 1 is 1.29 bits per heavy atom. The van der Waals surface area contributed by atoms with Gasteiger partial charge >= 0.3 is 0 Å². The second-order valence-corrected chi connectivity index (χ2v) is 8.23. The molecule has 0 unspecified atom stereocenters. The zero-order valence-corrected chi connectivity index (χ0v) is 14.2. The molecule has 1 aliphatic rings. The summed E-state index contributed by atoms with van der Waals surface area (Å²) in [5.41, 5.74) is 2.29. The summed E-state index contributed by atoms with van der Waals surface area (Å²) in [4.78, 5) is 0.359. The maximum absolute atomic E-state index is 12.5. The molecule has 0 amide bonds. The summed E-state index contributed by atoms with van der Waals surface area (Å²) in [6.07, 6.45) is 2.23. The van der Waals surface area contributed by atoms with Crippen LogP contribution in [0.4, 0.5) is 0 Å². The molecule has 0 bridgehead atoms. The van der Waals surface area contributed by atoms with Gasteiger partial charge in [0.2, 0.25) is 10.0 Å². The van der Waals surface area contributed by atoms with Gasteiger partial charge in [-0.1, -0.05) is 19.9 Å². The van der Waals surface area contributed by atoms with E-state index >= 15 is 0 Å². The van der Waals surface area contributed by atoms with E-state index in [4.69, 9.17) is 0 Å². The lowest BCUT2D eigenvalue weighted by Crippen LogP contribution is -2.32. The number of hydrogen-bond donors (Lipinski definition) is 2. The van der Waals surface area contributed by atoms with E-state index in [1.807, 2.05) is 20.0 Å². The largest absolute Gasteiger partial charge is 0.316 e. The SMILES string of the molecule is CNCc1cc(S(=O)(=O)NCC2(C(C)C)CC2)ccc1C. The topological polar surface area (TPSA) is 58.2 Å². The number of sulfonamides is 1. The Hall–Kier alpha value is -0.910. The van der Waals surface area contributed by atoms with E-state index in [9.17, 15) is 8.42 Å². The van der Waals surface area contributed by atoms with Gasteiger partial charge < -0.3 is 5.32 Å². The summed E-state index contributed by atoms with van der Waals surface area (Å²) in [5, 5.41) is 3.07. The lowest BCUT2D eigenvalue weighted by Gasteiger charge is -2.20. The second kappa shape index (κ2) is 6.07. The molecule has 0 aromatic heterocycles. The highest BCUT2D eigenvalue weighted by atomic mass is 32.2. The van der Waals surface area contributed by atoms with Gasteiger partial charge in [-0.05, 0) is 61.4 Å². The van der Waals surface area contributed by atoms with Crippen LogP contribution in [0.25, 0.3) is 0 Å². The van der Waals surface area contributed by atoms with Gasteiger partial charge in [0, 0.05) is 13.1 Å². The molecule has 0 radical (unpaired) electrons. The Balaban J connectivity index is 2.14. The fourth-order valence-electron chi connectivity index (χ4n) is 2.64. The van der Waals surface area contributed by atoms with Crippen molar-refractivity contribution in [3.8, 4) is 0 Å². The average molecular weight is 310 g/mol. The third kappa shape index (κ3) is 3.65. The van der Waals surface area contributed by atoms with Crippen molar-refractivity contribution in [2.45, 2.75) is 45.1 Å². The summed E-state index contributed by atoms with van der Waals surface area (Å²) in [7, 11) is -1.56.